The minimum atomic E-state index is -2.98. The van der Waals surface area contributed by atoms with Crippen LogP contribution in [0.15, 0.2) is 71.3 Å². The van der Waals surface area contributed by atoms with Crippen molar-refractivity contribution in [2.45, 2.75) is 24.4 Å². The van der Waals surface area contributed by atoms with Crippen molar-refractivity contribution in [1.29, 1.82) is 0 Å². The van der Waals surface area contributed by atoms with Crippen LogP contribution in [0.3, 0.4) is 0 Å². The number of aromatic nitrogens is 4. The molecule has 176 valence electrons. The van der Waals surface area contributed by atoms with Gasteiger partial charge < -0.3 is 14.3 Å². The highest BCUT2D eigenvalue weighted by atomic mass is 19.3. The minimum absolute atomic E-state index is 0.111. The molecule has 2 unspecified atom stereocenters. The smallest absolute Gasteiger partial charge is 0.292 e. The summed E-state index contributed by atoms with van der Waals surface area (Å²) >= 11 is 0. The first kappa shape index (κ1) is 20.3. The second-order valence-electron chi connectivity index (χ2n) is 8.83. The first-order valence-corrected chi connectivity index (χ1v) is 11.2. The largest absolute Gasteiger partial charge is 0.429 e. The van der Waals surface area contributed by atoms with E-state index in [1.807, 2.05) is 29.4 Å². The number of hydrazine groups is 1. The molecule has 0 saturated carbocycles. The van der Waals surface area contributed by atoms with E-state index in [0.29, 0.717) is 19.5 Å². The fraction of sp³-hybridized carbons (Fsp3) is 0.250. The van der Waals surface area contributed by atoms with Gasteiger partial charge in [0.1, 0.15) is 17.3 Å². The number of carbonyl (C=O) groups is 1. The average Bonchev–Trinajstić information content (AvgIpc) is 3.25. The molecule has 4 aliphatic heterocycles. The molecule has 35 heavy (non-hydrogen) atoms. The van der Waals surface area contributed by atoms with Crippen molar-refractivity contribution in [2.24, 2.45) is 0 Å². The Bertz CT molecular complexity index is 1430. The van der Waals surface area contributed by atoms with Crippen LogP contribution in [0.25, 0.3) is 11.6 Å². The third kappa shape index (κ3) is 2.88. The van der Waals surface area contributed by atoms with Gasteiger partial charge in [0.05, 0.1) is 17.7 Å². The zero-order valence-electron chi connectivity index (χ0n) is 18.3. The molecule has 0 bridgehead atoms. The van der Waals surface area contributed by atoms with E-state index in [2.05, 4.69) is 31.0 Å². The standard InChI is InChI=1S/C24H19F2N7O2/c25-21(26)18-19(35-22(30-18)16-6-1-3-8-27-16)23(34)31-10-7-15-17(29-13-28-15)20(31)24-11-14-5-2-4-9-32(14)33(24)12-24/h1-6,8-9,11,13,20-21H,7,10,12H2,(H,28,29)/t20-,24?,33?/m0/s1. The zero-order valence-corrected chi connectivity index (χ0v) is 18.3. The number of hydrogen-bond donors (Lipinski definition) is 1. The van der Waals surface area contributed by atoms with Crippen LogP contribution in [0.5, 0.6) is 0 Å². The third-order valence-corrected chi connectivity index (χ3v) is 6.91. The van der Waals surface area contributed by atoms with Gasteiger partial charge in [0.2, 0.25) is 11.7 Å². The number of H-pyrrole nitrogens is 1. The molecule has 0 aromatic carbocycles. The summed E-state index contributed by atoms with van der Waals surface area (Å²) in [5.41, 5.74) is 1.75. The van der Waals surface area contributed by atoms with Gasteiger partial charge >= 0.3 is 0 Å². The quantitative estimate of drug-likeness (QED) is 0.578. The van der Waals surface area contributed by atoms with E-state index in [4.69, 9.17) is 4.42 Å². The van der Waals surface area contributed by atoms with E-state index in [-0.39, 0.29) is 11.6 Å². The van der Waals surface area contributed by atoms with Crippen molar-refractivity contribution >= 4 is 5.91 Å². The predicted octanol–water partition coefficient (Wildman–Crippen LogP) is 3.39. The lowest BCUT2D eigenvalue weighted by Crippen LogP contribution is -2.47. The predicted molar refractivity (Wildman–Crippen MR) is 118 cm³/mol. The normalized spacial score (nSPS) is 26.0. The maximum Gasteiger partial charge on any atom is 0.292 e. The average molecular weight is 475 g/mol. The van der Waals surface area contributed by atoms with E-state index >= 15 is 0 Å². The van der Waals surface area contributed by atoms with Crippen LogP contribution < -0.4 is 0 Å². The van der Waals surface area contributed by atoms with Gasteiger partial charge in [-0.25, -0.2) is 23.8 Å². The number of carbonyl (C=O) groups excluding carboxylic acids is 1. The van der Waals surface area contributed by atoms with Crippen molar-refractivity contribution in [3.8, 4) is 11.6 Å². The van der Waals surface area contributed by atoms with Crippen molar-refractivity contribution < 1.29 is 18.0 Å². The van der Waals surface area contributed by atoms with Crippen LogP contribution in [0.2, 0.25) is 0 Å². The molecular weight excluding hydrogens is 456 g/mol. The van der Waals surface area contributed by atoms with Gasteiger partial charge in [0.15, 0.2) is 5.69 Å². The number of amides is 1. The number of pyridine rings is 1. The summed E-state index contributed by atoms with van der Waals surface area (Å²) in [6.07, 6.45) is 10.6. The molecule has 11 heteroatoms. The molecule has 1 amide bonds. The van der Waals surface area contributed by atoms with E-state index in [9.17, 15) is 13.6 Å². The number of nitrogens with one attached hydrogen (secondary N) is 1. The molecular formula is C24H19F2N7O2. The summed E-state index contributed by atoms with van der Waals surface area (Å²) in [6, 6.07) is 4.50. The number of imidazole rings is 1. The van der Waals surface area contributed by atoms with Crippen LogP contribution in [-0.4, -0.2) is 59.4 Å². The molecule has 1 saturated heterocycles. The Morgan fingerprint density at radius 3 is 2.97 bits per heavy atom. The molecule has 7 heterocycles. The van der Waals surface area contributed by atoms with Crippen molar-refractivity contribution in [1.82, 2.24) is 34.9 Å². The number of fused-ring (bicyclic) bond motifs is 4. The molecule has 3 aromatic rings. The number of halogens is 2. The molecule has 1 fully saturated rings. The molecule has 3 atom stereocenters. The molecule has 0 spiro atoms. The van der Waals surface area contributed by atoms with E-state index < -0.39 is 35.4 Å². The summed E-state index contributed by atoms with van der Waals surface area (Å²) in [6.45, 7) is 0.998. The second-order valence-corrected chi connectivity index (χ2v) is 8.83. The highest BCUT2D eigenvalue weighted by molar-refractivity contribution is 5.93. The molecule has 9 nitrogen and oxygen atoms in total. The summed E-state index contributed by atoms with van der Waals surface area (Å²) < 4.78 is 33.6. The first-order chi connectivity index (χ1) is 17.1. The van der Waals surface area contributed by atoms with E-state index in [0.717, 1.165) is 17.1 Å². The van der Waals surface area contributed by atoms with Gasteiger partial charge in [-0.05, 0) is 30.4 Å². The highest BCUT2D eigenvalue weighted by Crippen LogP contribution is 2.56. The zero-order chi connectivity index (χ0) is 23.7. The lowest BCUT2D eigenvalue weighted by atomic mass is 9.89. The molecule has 0 radical (unpaired) electrons. The van der Waals surface area contributed by atoms with Crippen LogP contribution in [0, 0.1) is 0 Å². The van der Waals surface area contributed by atoms with Crippen LogP contribution in [0.4, 0.5) is 8.78 Å². The fourth-order valence-electron chi connectivity index (χ4n) is 5.31. The van der Waals surface area contributed by atoms with E-state index in [1.54, 1.807) is 29.4 Å². The van der Waals surface area contributed by atoms with Gasteiger partial charge in [-0.3, -0.25) is 14.8 Å². The topological polar surface area (TPSA) is 94.2 Å². The molecule has 1 N–H and O–H groups in total. The minimum Gasteiger partial charge on any atom is -0.429 e. The lowest BCUT2D eigenvalue weighted by molar-refractivity contribution is 0.0519. The van der Waals surface area contributed by atoms with Crippen molar-refractivity contribution in [3.63, 3.8) is 0 Å². The Kier molecular flexibility index (Phi) is 4.16. The number of allylic oxidation sites excluding steroid dienone is 3. The second kappa shape index (κ2) is 7.19. The van der Waals surface area contributed by atoms with E-state index in [1.165, 1.54) is 6.20 Å². The van der Waals surface area contributed by atoms with Crippen LogP contribution >= 0.6 is 0 Å². The summed E-state index contributed by atoms with van der Waals surface area (Å²) in [5.74, 6) is -1.21. The number of aromatic amines is 1. The fourth-order valence-corrected chi connectivity index (χ4v) is 5.31. The Morgan fingerprint density at radius 1 is 1.26 bits per heavy atom. The Hall–Kier alpha value is -4.12. The van der Waals surface area contributed by atoms with Gasteiger partial charge in [0, 0.05) is 37.6 Å². The van der Waals surface area contributed by atoms with Crippen LogP contribution in [-0.2, 0) is 6.42 Å². The van der Waals surface area contributed by atoms with Crippen molar-refractivity contribution in [2.75, 3.05) is 13.1 Å². The van der Waals surface area contributed by atoms with Crippen molar-refractivity contribution in [3.05, 3.63) is 89.8 Å². The number of nitrogens with zero attached hydrogens (tertiary/aromatic N) is 6. The number of hydrogen-bond acceptors (Lipinski definition) is 7. The SMILES string of the molecule is O=C(c1oc(-c2ccccn2)nc1C(F)F)N1CCc2[nH]cnc2[C@H]1C12C=C3C=CC=CN3N1C2. The van der Waals surface area contributed by atoms with Gasteiger partial charge in [-0.15, -0.1) is 0 Å². The molecule has 7 rings (SSSR count). The number of rotatable bonds is 4. The Balaban J connectivity index is 1.31. The highest BCUT2D eigenvalue weighted by Gasteiger charge is 2.66. The molecule has 0 aliphatic carbocycles. The summed E-state index contributed by atoms with van der Waals surface area (Å²) in [7, 11) is 0. The third-order valence-electron chi connectivity index (χ3n) is 6.91. The summed E-state index contributed by atoms with van der Waals surface area (Å²) in [5, 5.41) is 4.19. The molecule has 4 aliphatic rings. The van der Waals surface area contributed by atoms with Gasteiger partial charge in [0.25, 0.3) is 12.3 Å². The first-order valence-electron chi connectivity index (χ1n) is 11.2. The number of alkyl halides is 2. The van der Waals surface area contributed by atoms with Crippen LogP contribution in [0.1, 0.15) is 40.1 Å². The lowest BCUT2D eigenvalue weighted by Gasteiger charge is -2.38. The Labute approximate surface area is 198 Å². The maximum atomic E-state index is 14.0. The Morgan fingerprint density at radius 2 is 2.17 bits per heavy atom. The summed E-state index contributed by atoms with van der Waals surface area (Å²) in [4.78, 5) is 31.2. The number of oxazole rings is 1. The monoisotopic (exact) mass is 475 g/mol. The molecule has 3 aromatic heterocycles. The van der Waals surface area contributed by atoms with Gasteiger partial charge in [-0.2, -0.15) is 0 Å². The van der Waals surface area contributed by atoms with Gasteiger partial charge in [-0.1, -0.05) is 12.1 Å². The maximum absolute atomic E-state index is 14.0.